The van der Waals surface area contributed by atoms with Gasteiger partial charge in [0.2, 0.25) is 0 Å². The zero-order valence-electron chi connectivity index (χ0n) is 15.6. The molecule has 1 amide bonds. The van der Waals surface area contributed by atoms with Gasteiger partial charge >= 0.3 is 12.1 Å². The molecule has 1 aliphatic heterocycles. The van der Waals surface area contributed by atoms with Crippen molar-refractivity contribution in [1.29, 1.82) is 0 Å². The normalized spacial score (nSPS) is 16.6. The molecule has 0 bridgehead atoms. The number of benzene rings is 2. The zero-order valence-corrected chi connectivity index (χ0v) is 15.6. The first kappa shape index (κ1) is 18.8. The molecular weight excluding hydrogens is 346 g/mol. The van der Waals surface area contributed by atoms with Crippen molar-refractivity contribution in [3.8, 4) is 11.5 Å². The Bertz CT molecular complexity index is 867. The first-order valence-electron chi connectivity index (χ1n) is 8.78. The lowest BCUT2D eigenvalue weighted by Gasteiger charge is -2.32. The van der Waals surface area contributed by atoms with Gasteiger partial charge in [-0.05, 0) is 46.4 Å². The van der Waals surface area contributed by atoms with Gasteiger partial charge in [0.05, 0.1) is 6.54 Å². The number of hydrogen-bond donors (Lipinski definition) is 2. The molecule has 2 N–H and O–H groups in total. The number of rotatable bonds is 3. The second kappa shape index (κ2) is 6.95. The van der Waals surface area contributed by atoms with Gasteiger partial charge in [-0.1, -0.05) is 39.0 Å². The third-order valence-corrected chi connectivity index (χ3v) is 4.79. The minimum Gasteiger partial charge on any atom is -0.480 e. The van der Waals surface area contributed by atoms with Gasteiger partial charge in [-0.15, -0.1) is 0 Å². The minimum atomic E-state index is -1.23. The van der Waals surface area contributed by atoms with Crippen LogP contribution in [0.1, 0.15) is 37.5 Å². The fourth-order valence-corrected chi connectivity index (χ4v) is 3.20. The summed E-state index contributed by atoms with van der Waals surface area (Å²) in [5.74, 6) is 0.151. The molecular formula is C21H23NO5. The predicted octanol–water partition coefficient (Wildman–Crippen LogP) is 4.27. The van der Waals surface area contributed by atoms with Crippen LogP contribution in [0.2, 0.25) is 0 Å². The molecule has 1 unspecified atom stereocenters. The molecule has 1 atom stereocenters. The van der Waals surface area contributed by atoms with Crippen molar-refractivity contribution in [3.05, 3.63) is 59.2 Å². The number of hydrogen-bond acceptors (Lipinski definition) is 3. The van der Waals surface area contributed by atoms with Crippen LogP contribution in [0.15, 0.2) is 42.5 Å². The van der Waals surface area contributed by atoms with Crippen LogP contribution in [0.3, 0.4) is 0 Å². The monoisotopic (exact) mass is 369 g/mol. The molecule has 6 nitrogen and oxygen atoms in total. The summed E-state index contributed by atoms with van der Waals surface area (Å²) in [7, 11) is 0. The van der Waals surface area contributed by atoms with Gasteiger partial charge in [0.25, 0.3) is 0 Å². The summed E-state index contributed by atoms with van der Waals surface area (Å²) >= 11 is 0. The van der Waals surface area contributed by atoms with E-state index in [0.29, 0.717) is 11.5 Å². The molecule has 0 saturated carbocycles. The van der Waals surface area contributed by atoms with Gasteiger partial charge in [0.15, 0.2) is 0 Å². The highest BCUT2D eigenvalue weighted by molar-refractivity contribution is 5.80. The lowest BCUT2D eigenvalue weighted by molar-refractivity contribution is -0.143. The summed E-state index contributed by atoms with van der Waals surface area (Å²) in [5.41, 5.74) is 2.86. The lowest BCUT2D eigenvalue weighted by atomic mass is 9.87. The Kier molecular flexibility index (Phi) is 4.83. The number of ether oxygens (including phenoxy) is 1. The van der Waals surface area contributed by atoms with Gasteiger partial charge in [-0.25, -0.2) is 9.59 Å². The molecule has 142 valence electrons. The number of aliphatic carboxylic acids is 1. The second-order valence-electron chi connectivity index (χ2n) is 7.78. The molecule has 1 heterocycles. The molecule has 0 spiro atoms. The Morgan fingerprint density at radius 2 is 1.63 bits per heavy atom. The second-order valence-corrected chi connectivity index (χ2v) is 7.78. The molecule has 1 aliphatic rings. The molecule has 3 rings (SSSR count). The molecule has 2 aromatic carbocycles. The van der Waals surface area contributed by atoms with E-state index in [1.807, 2.05) is 24.3 Å². The SMILES string of the molecule is CC(C)(C)c1ccc(Oc2ccc3c(c2)CC(C(=O)O)N(C(=O)O)C3)cc1. The molecule has 0 fully saturated rings. The van der Waals surface area contributed by atoms with Crippen molar-refractivity contribution in [2.75, 3.05) is 0 Å². The van der Waals surface area contributed by atoms with Crippen LogP contribution in [-0.2, 0) is 23.2 Å². The number of nitrogens with zero attached hydrogens (tertiary/aromatic N) is 1. The maximum absolute atomic E-state index is 11.4. The summed E-state index contributed by atoms with van der Waals surface area (Å²) in [6, 6.07) is 12.1. The van der Waals surface area contributed by atoms with Crippen LogP contribution in [0.25, 0.3) is 0 Å². The minimum absolute atomic E-state index is 0.0577. The van der Waals surface area contributed by atoms with E-state index in [4.69, 9.17) is 4.74 Å². The average Bonchev–Trinajstić information content (AvgIpc) is 2.60. The highest BCUT2D eigenvalue weighted by atomic mass is 16.5. The molecule has 2 aromatic rings. The third-order valence-electron chi connectivity index (χ3n) is 4.79. The van der Waals surface area contributed by atoms with Gasteiger partial charge in [-0.3, -0.25) is 4.90 Å². The fraction of sp³-hybridized carbons (Fsp3) is 0.333. The molecule has 0 radical (unpaired) electrons. The maximum atomic E-state index is 11.4. The number of carboxylic acids is 1. The van der Waals surface area contributed by atoms with Crippen LogP contribution < -0.4 is 4.74 Å². The Morgan fingerprint density at radius 1 is 1.00 bits per heavy atom. The molecule has 0 saturated heterocycles. The Balaban J connectivity index is 1.81. The number of carbonyl (C=O) groups is 2. The summed E-state index contributed by atoms with van der Waals surface area (Å²) in [4.78, 5) is 23.7. The molecule has 0 aliphatic carbocycles. The Labute approximate surface area is 158 Å². The summed E-state index contributed by atoms with van der Waals surface area (Å²) in [6.07, 6.45) is -1.11. The summed E-state index contributed by atoms with van der Waals surface area (Å²) in [6.45, 7) is 6.49. The van der Waals surface area contributed by atoms with Crippen molar-refractivity contribution in [3.63, 3.8) is 0 Å². The van der Waals surface area contributed by atoms with Crippen molar-refractivity contribution in [2.24, 2.45) is 0 Å². The molecule has 27 heavy (non-hydrogen) atoms. The number of carboxylic acid groups (broad SMARTS) is 2. The first-order valence-corrected chi connectivity index (χ1v) is 8.78. The maximum Gasteiger partial charge on any atom is 0.408 e. The van der Waals surface area contributed by atoms with E-state index in [9.17, 15) is 19.8 Å². The average molecular weight is 369 g/mol. The van der Waals surface area contributed by atoms with Gasteiger partial charge in [-0.2, -0.15) is 0 Å². The van der Waals surface area contributed by atoms with E-state index in [-0.39, 0.29) is 18.4 Å². The van der Waals surface area contributed by atoms with Crippen LogP contribution in [0.5, 0.6) is 11.5 Å². The molecule has 6 heteroatoms. The fourth-order valence-electron chi connectivity index (χ4n) is 3.20. The largest absolute Gasteiger partial charge is 0.480 e. The van der Waals surface area contributed by atoms with E-state index in [2.05, 4.69) is 20.8 Å². The van der Waals surface area contributed by atoms with Crippen molar-refractivity contribution >= 4 is 12.1 Å². The van der Waals surface area contributed by atoms with Gasteiger partial charge in [0, 0.05) is 6.42 Å². The highest BCUT2D eigenvalue weighted by Gasteiger charge is 2.34. The van der Waals surface area contributed by atoms with Crippen molar-refractivity contribution in [1.82, 2.24) is 4.90 Å². The zero-order chi connectivity index (χ0) is 19.8. The summed E-state index contributed by atoms with van der Waals surface area (Å²) in [5, 5.41) is 18.6. The molecule has 0 aromatic heterocycles. The quantitative estimate of drug-likeness (QED) is 0.844. The van der Waals surface area contributed by atoms with Gasteiger partial charge in [0.1, 0.15) is 17.5 Å². The predicted molar refractivity (Wildman–Crippen MR) is 100 cm³/mol. The lowest BCUT2D eigenvalue weighted by Crippen LogP contribution is -2.48. The smallest absolute Gasteiger partial charge is 0.408 e. The van der Waals surface area contributed by atoms with E-state index in [0.717, 1.165) is 16.0 Å². The Hall–Kier alpha value is -3.02. The topological polar surface area (TPSA) is 87.1 Å². The standard InChI is InChI=1S/C21H23NO5/c1-21(2,3)15-5-8-16(9-6-15)27-17-7-4-13-12-22(20(25)26)18(19(23)24)11-14(13)10-17/h4-10,18H,11-12H2,1-3H3,(H,23,24)(H,25,26). The van der Waals surface area contributed by atoms with E-state index >= 15 is 0 Å². The van der Waals surface area contributed by atoms with Crippen LogP contribution in [0, 0.1) is 0 Å². The van der Waals surface area contributed by atoms with E-state index in [1.165, 1.54) is 5.56 Å². The van der Waals surface area contributed by atoms with Crippen molar-refractivity contribution < 1.29 is 24.5 Å². The van der Waals surface area contributed by atoms with Crippen molar-refractivity contribution in [2.45, 2.75) is 45.2 Å². The van der Waals surface area contributed by atoms with Crippen LogP contribution in [-0.4, -0.2) is 33.2 Å². The highest BCUT2D eigenvalue weighted by Crippen LogP contribution is 2.31. The van der Waals surface area contributed by atoms with E-state index < -0.39 is 18.1 Å². The number of amides is 1. The number of fused-ring (bicyclic) bond motifs is 1. The third kappa shape index (κ3) is 4.05. The van der Waals surface area contributed by atoms with E-state index in [1.54, 1.807) is 18.2 Å². The summed E-state index contributed by atoms with van der Waals surface area (Å²) < 4.78 is 5.90. The van der Waals surface area contributed by atoms with Crippen LogP contribution in [0.4, 0.5) is 4.79 Å². The van der Waals surface area contributed by atoms with Crippen LogP contribution >= 0.6 is 0 Å². The first-order chi connectivity index (χ1) is 12.6. The Morgan fingerprint density at radius 3 is 2.19 bits per heavy atom. The van der Waals surface area contributed by atoms with Gasteiger partial charge < -0.3 is 14.9 Å².